The molecule has 1 aliphatic rings. The molecule has 0 unspecified atom stereocenters. The van der Waals surface area contributed by atoms with Crippen molar-refractivity contribution < 1.29 is 42.3 Å². The van der Waals surface area contributed by atoms with Crippen molar-refractivity contribution in [3.8, 4) is 0 Å². The largest absolute Gasteiger partial charge is 0.397 e. The van der Waals surface area contributed by atoms with Gasteiger partial charge in [0, 0.05) is 0 Å². The van der Waals surface area contributed by atoms with E-state index in [9.17, 15) is 18.6 Å². The van der Waals surface area contributed by atoms with Gasteiger partial charge in [-0.3, -0.25) is 4.55 Å². The highest BCUT2D eigenvalue weighted by Gasteiger charge is 2.43. The van der Waals surface area contributed by atoms with Crippen LogP contribution in [0.25, 0.3) is 0 Å². The second kappa shape index (κ2) is 4.89. The Balaban J connectivity index is 2.61. The standard InChI is InChI=1S/C6H12O9S/c7-3-2(1-14-16(11,12)13)15-6(10)5(9)4(3)8/h2-10H,1H2,(H,11,12,13)/t2-,3-,4+,5+,6-/m1/s1. The molecule has 5 N–H and O–H groups in total. The van der Waals surface area contributed by atoms with Crippen LogP contribution in [0.15, 0.2) is 0 Å². The van der Waals surface area contributed by atoms with Crippen LogP contribution in [0.1, 0.15) is 0 Å². The second-order valence-electron chi connectivity index (χ2n) is 3.25. The molecule has 16 heavy (non-hydrogen) atoms. The first-order valence-electron chi connectivity index (χ1n) is 4.22. The van der Waals surface area contributed by atoms with E-state index < -0.39 is 47.7 Å². The number of ether oxygens (including phenoxy) is 1. The predicted octanol–water partition coefficient (Wildman–Crippen LogP) is -3.39. The number of hydrogen-bond acceptors (Lipinski definition) is 8. The molecule has 1 fully saturated rings. The molecule has 9 nitrogen and oxygen atoms in total. The Hall–Kier alpha value is -0.330. The molecule has 1 heterocycles. The van der Waals surface area contributed by atoms with E-state index in [1.54, 1.807) is 0 Å². The van der Waals surface area contributed by atoms with Crippen LogP contribution >= 0.6 is 0 Å². The smallest absolute Gasteiger partial charge is 0.387 e. The molecule has 0 spiro atoms. The molecule has 1 rings (SSSR count). The maximum absolute atomic E-state index is 10.2. The summed E-state index contributed by atoms with van der Waals surface area (Å²) in [6, 6.07) is 0. The Bertz CT molecular complexity index is 327. The quantitative estimate of drug-likeness (QED) is 0.327. The Morgan fingerprint density at radius 2 is 1.62 bits per heavy atom. The van der Waals surface area contributed by atoms with Gasteiger partial charge in [0.05, 0.1) is 6.61 Å². The van der Waals surface area contributed by atoms with E-state index in [0.29, 0.717) is 0 Å². The summed E-state index contributed by atoms with van der Waals surface area (Å²) in [4.78, 5) is 0. The summed E-state index contributed by atoms with van der Waals surface area (Å²) in [7, 11) is -4.71. The molecular weight excluding hydrogens is 248 g/mol. The van der Waals surface area contributed by atoms with Crippen LogP contribution in [-0.2, 0) is 19.3 Å². The second-order valence-corrected chi connectivity index (χ2v) is 4.34. The molecule has 5 atom stereocenters. The Morgan fingerprint density at radius 3 is 2.12 bits per heavy atom. The van der Waals surface area contributed by atoms with Gasteiger partial charge in [0.1, 0.15) is 24.4 Å². The summed E-state index contributed by atoms with van der Waals surface area (Å²) < 4.78 is 37.2. The lowest BCUT2D eigenvalue weighted by atomic mass is 10.00. The molecule has 0 aromatic heterocycles. The average Bonchev–Trinajstić information content (AvgIpc) is 2.17. The predicted molar refractivity (Wildman–Crippen MR) is 46.4 cm³/mol. The third-order valence-electron chi connectivity index (χ3n) is 2.07. The Kier molecular flexibility index (Phi) is 4.20. The van der Waals surface area contributed by atoms with Crippen LogP contribution in [0.5, 0.6) is 0 Å². The minimum atomic E-state index is -4.71. The highest BCUT2D eigenvalue weighted by atomic mass is 32.3. The van der Waals surface area contributed by atoms with E-state index in [2.05, 4.69) is 8.92 Å². The molecule has 0 saturated carbocycles. The first kappa shape index (κ1) is 13.7. The van der Waals surface area contributed by atoms with Crippen molar-refractivity contribution in [3.63, 3.8) is 0 Å². The first-order chi connectivity index (χ1) is 7.22. The molecular formula is C6H12O9S. The summed E-state index contributed by atoms with van der Waals surface area (Å²) in [5.74, 6) is 0. The van der Waals surface area contributed by atoms with E-state index in [1.165, 1.54) is 0 Å². The lowest BCUT2D eigenvalue weighted by Crippen LogP contribution is -2.58. The van der Waals surface area contributed by atoms with Crippen molar-refractivity contribution in [3.05, 3.63) is 0 Å². The van der Waals surface area contributed by atoms with Gasteiger partial charge >= 0.3 is 10.4 Å². The SMILES string of the molecule is O=S(=O)(O)OC[C@H]1O[C@@H](O)[C@@H](O)[C@@H](O)[C@@H]1O. The molecule has 1 saturated heterocycles. The van der Waals surface area contributed by atoms with Gasteiger partial charge in [-0.05, 0) is 0 Å². The number of aliphatic hydroxyl groups excluding tert-OH is 4. The van der Waals surface area contributed by atoms with Crippen molar-refractivity contribution in [2.24, 2.45) is 0 Å². The fourth-order valence-corrected chi connectivity index (χ4v) is 1.53. The van der Waals surface area contributed by atoms with Gasteiger partial charge in [-0.1, -0.05) is 0 Å². The minimum absolute atomic E-state index is 0.805. The molecule has 0 aromatic carbocycles. The zero-order chi connectivity index (χ0) is 12.5. The molecule has 1 aliphatic heterocycles. The van der Waals surface area contributed by atoms with Gasteiger partial charge in [-0.15, -0.1) is 0 Å². The Morgan fingerprint density at radius 1 is 1.06 bits per heavy atom. The summed E-state index contributed by atoms with van der Waals surface area (Å²) >= 11 is 0. The first-order valence-corrected chi connectivity index (χ1v) is 5.58. The minimum Gasteiger partial charge on any atom is -0.387 e. The molecule has 10 heteroatoms. The van der Waals surface area contributed by atoms with E-state index in [4.69, 9.17) is 14.8 Å². The number of hydrogen-bond donors (Lipinski definition) is 5. The van der Waals surface area contributed by atoms with E-state index in [1.807, 2.05) is 0 Å². The lowest BCUT2D eigenvalue weighted by molar-refractivity contribution is -0.285. The van der Waals surface area contributed by atoms with E-state index >= 15 is 0 Å². The van der Waals surface area contributed by atoms with Gasteiger partial charge < -0.3 is 25.2 Å². The molecule has 0 amide bonds. The molecule has 0 aliphatic carbocycles. The topological polar surface area (TPSA) is 154 Å². The zero-order valence-corrected chi connectivity index (χ0v) is 8.69. The molecule has 0 aromatic rings. The van der Waals surface area contributed by atoms with Crippen LogP contribution in [0.2, 0.25) is 0 Å². The molecule has 0 radical (unpaired) electrons. The third kappa shape index (κ3) is 3.33. The van der Waals surface area contributed by atoms with E-state index in [-0.39, 0.29) is 0 Å². The normalized spacial score (nSPS) is 40.9. The van der Waals surface area contributed by atoms with Crippen LogP contribution in [0.3, 0.4) is 0 Å². The van der Waals surface area contributed by atoms with Gasteiger partial charge in [0.2, 0.25) is 0 Å². The maximum Gasteiger partial charge on any atom is 0.397 e. The highest BCUT2D eigenvalue weighted by Crippen LogP contribution is 2.20. The van der Waals surface area contributed by atoms with Gasteiger partial charge in [0.15, 0.2) is 6.29 Å². The van der Waals surface area contributed by atoms with Crippen molar-refractivity contribution in [2.75, 3.05) is 6.61 Å². The Labute approximate surface area is 90.8 Å². The van der Waals surface area contributed by atoms with E-state index in [0.717, 1.165) is 0 Å². The molecule has 96 valence electrons. The lowest BCUT2D eigenvalue weighted by Gasteiger charge is -2.37. The highest BCUT2D eigenvalue weighted by molar-refractivity contribution is 7.80. The van der Waals surface area contributed by atoms with Crippen LogP contribution < -0.4 is 0 Å². The molecule has 0 bridgehead atoms. The van der Waals surface area contributed by atoms with Crippen molar-refractivity contribution in [2.45, 2.75) is 30.7 Å². The maximum atomic E-state index is 10.2. The van der Waals surface area contributed by atoms with Gasteiger partial charge in [-0.25, -0.2) is 4.18 Å². The van der Waals surface area contributed by atoms with Crippen molar-refractivity contribution in [1.82, 2.24) is 0 Å². The van der Waals surface area contributed by atoms with Crippen LogP contribution in [0, 0.1) is 0 Å². The fraction of sp³-hybridized carbons (Fsp3) is 1.00. The van der Waals surface area contributed by atoms with Crippen LogP contribution in [-0.4, -0.2) is 70.7 Å². The van der Waals surface area contributed by atoms with Crippen LogP contribution in [0.4, 0.5) is 0 Å². The summed E-state index contributed by atoms with van der Waals surface area (Å²) in [6.07, 6.45) is -8.25. The van der Waals surface area contributed by atoms with Gasteiger partial charge in [-0.2, -0.15) is 8.42 Å². The average molecular weight is 260 g/mol. The monoisotopic (exact) mass is 260 g/mol. The number of aliphatic hydroxyl groups is 4. The summed E-state index contributed by atoms with van der Waals surface area (Å²) in [5.41, 5.74) is 0. The summed E-state index contributed by atoms with van der Waals surface area (Å²) in [5, 5.41) is 36.7. The van der Waals surface area contributed by atoms with Crippen molar-refractivity contribution >= 4 is 10.4 Å². The zero-order valence-electron chi connectivity index (χ0n) is 7.87. The number of rotatable bonds is 3. The fourth-order valence-electron chi connectivity index (χ4n) is 1.22. The van der Waals surface area contributed by atoms with Crippen molar-refractivity contribution in [1.29, 1.82) is 0 Å². The van der Waals surface area contributed by atoms with Gasteiger partial charge in [0.25, 0.3) is 0 Å². The third-order valence-corrected chi connectivity index (χ3v) is 2.50. The summed E-state index contributed by atoms with van der Waals surface area (Å²) in [6.45, 7) is -0.805.